The number of rotatable bonds is 3. The number of anilines is 1. The number of nitrogen functional groups attached to an aromatic ring is 1. The lowest BCUT2D eigenvalue weighted by Crippen LogP contribution is -2.03. The summed E-state index contributed by atoms with van der Waals surface area (Å²) in [5.74, 6) is 0.404. The molecule has 0 fully saturated rings. The Morgan fingerprint density at radius 1 is 1.12 bits per heavy atom. The van der Waals surface area contributed by atoms with Gasteiger partial charge in [0, 0.05) is 12.1 Å². The SMILES string of the molecule is Cc1ccc(O)c(-c2nc(N)c(C#N)c(-c3ccc(CN)cc3)n2)c1. The number of hydrogen-bond acceptors (Lipinski definition) is 6. The standard InChI is InChI=1S/C19H17N5O/c1-11-2-7-16(25)14(8-11)19-23-17(15(10-21)18(22)24-19)13-5-3-12(9-20)4-6-13/h2-8,25H,9,20H2,1H3,(H2,22,23,24). The van der Waals surface area contributed by atoms with Crippen molar-refractivity contribution >= 4 is 5.82 Å². The Hall–Kier alpha value is -3.43. The van der Waals surface area contributed by atoms with Crippen LogP contribution >= 0.6 is 0 Å². The fraction of sp³-hybridized carbons (Fsp3) is 0.105. The summed E-state index contributed by atoms with van der Waals surface area (Å²) in [6.45, 7) is 2.34. The number of nitrogens with zero attached hydrogens (tertiary/aromatic N) is 3. The van der Waals surface area contributed by atoms with E-state index < -0.39 is 0 Å². The fourth-order valence-corrected chi connectivity index (χ4v) is 2.55. The van der Waals surface area contributed by atoms with Gasteiger partial charge < -0.3 is 16.6 Å². The van der Waals surface area contributed by atoms with Crippen LogP contribution in [0.25, 0.3) is 22.6 Å². The zero-order valence-corrected chi connectivity index (χ0v) is 13.7. The number of aromatic nitrogens is 2. The molecular formula is C19H17N5O. The predicted octanol–water partition coefficient (Wildman–Crippen LogP) is 2.74. The van der Waals surface area contributed by atoms with Gasteiger partial charge in [0.25, 0.3) is 0 Å². The Balaban J connectivity index is 2.22. The molecule has 0 atom stereocenters. The van der Waals surface area contributed by atoms with Crippen molar-refractivity contribution in [1.29, 1.82) is 5.26 Å². The lowest BCUT2D eigenvalue weighted by atomic mass is 10.0. The van der Waals surface area contributed by atoms with Gasteiger partial charge in [0.2, 0.25) is 0 Å². The van der Waals surface area contributed by atoms with Crippen LogP contribution in [0.15, 0.2) is 42.5 Å². The highest BCUT2D eigenvalue weighted by molar-refractivity contribution is 5.76. The predicted molar refractivity (Wildman–Crippen MR) is 96.3 cm³/mol. The zero-order valence-electron chi connectivity index (χ0n) is 13.7. The molecule has 2 aromatic carbocycles. The minimum atomic E-state index is 0.0548. The maximum absolute atomic E-state index is 10.1. The molecule has 5 N–H and O–H groups in total. The average Bonchev–Trinajstić information content (AvgIpc) is 2.63. The normalized spacial score (nSPS) is 10.4. The van der Waals surface area contributed by atoms with E-state index in [4.69, 9.17) is 11.5 Å². The molecule has 0 spiro atoms. The molecule has 6 nitrogen and oxygen atoms in total. The van der Waals surface area contributed by atoms with Gasteiger partial charge >= 0.3 is 0 Å². The van der Waals surface area contributed by atoms with E-state index in [1.807, 2.05) is 31.2 Å². The zero-order chi connectivity index (χ0) is 18.0. The van der Waals surface area contributed by atoms with E-state index in [-0.39, 0.29) is 23.0 Å². The molecule has 0 saturated heterocycles. The van der Waals surface area contributed by atoms with Gasteiger partial charge in [0.1, 0.15) is 23.2 Å². The van der Waals surface area contributed by atoms with E-state index in [2.05, 4.69) is 16.0 Å². The second-order valence-electron chi connectivity index (χ2n) is 5.69. The average molecular weight is 331 g/mol. The molecule has 0 unspecified atom stereocenters. The number of hydrogen-bond donors (Lipinski definition) is 3. The maximum Gasteiger partial charge on any atom is 0.165 e. The van der Waals surface area contributed by atoms with E-state index in [0.29, 0.717) is 17.8 Å². The van der Waals surface area contributed by atoms with E-state index in [1.165, 1.54) is 0 Å². The van der Waals surface area contributed by atoms with Crippen molar-refractivity contribution in [2.45, 2.75) is 13.5 Å². The van der Waals surface area contributed by atoms with E-state index in [9.17, 15) is 10.4 Å². The van der Waals surface area contributed by atoms with E-state index in [1.54, 1.807) is 18.2 Å². The van der Waals surface area contributed by atoms with Crippen molar-refractivity contribution in [1.82, 2.24) is 9.97 Å². The van der Waals surface area contributed by atoms with Gasteiger partial charge in [0.05, 0.1) is 11.3 Å². The first kappa shape index (κ1) is 16.4. The Bertz CT molecular complexity index is 974. The summed E-state index contributed by atoms with van der Waals surface area (Å²) in [5, 5.41) is 19.6. The van der Waals surface area contributed by atoms with Gasteiger partial charge in [-0.2, -0.15) is 5.26 Å². The topological polar surface area (TPSA) is 122 Å². The van der Waals surface area contributed by atoms with Crippen molar-refractivity contribution in [2.75, 3.05) is 5.73 Å². The molecule has 0 saturated carbocycles. The maximum atomic E-state index is 10.1. The highest BCUT2D eigenvalue weighted by Crippen LogP contribution is 2.32. The van der Waals surface area contributed by atoms with Crippen LogP contribution in [-0.2, 0) is 6.54 Å². The third-order valence-electron chi connectivity index (χ3n) is 3.90. The summed E-state index contributed by atoms with van der Waals surface area (Å²) in [5.41, 5.74) is 15.4. The number of nitriles is 1. The van der Waals surface area contributed by atoms with Crippen LogP contribution in [0.4, 0.5) is 5.82 Å². The largest absolute Gasteiger partial charge is 0.507 e. The number of aryl methyl sites for hydroxylation is 1. The number of phenolic OH excluding ortho intramolecular Hbond substituents is 1. The number of nitrogens with two attached hydrogens (primary N) is 2. The summed E-state index contributed by atoms with van der Waals surface area (Å²) in [4.78, 5) is 8.70. The number of aromatic hydroxyl groups is 1. The lowest BCUT2D eigenvalue weighted by molar-refractivity contribution is 0.477. The van der Waals surface area contributed by atoms with Gasteiger partial charge in [0.15, 0.2) is 5.82 Å². The molecule has 124 valence electrons. The van der Waals surface area contributed by atoms with Gasteiger partial charge in [-0.1, -0.05) is 35.9 Å². The third-order valence-corrected chi connectivity index (χ3v) is 3.90. The molecule has 0 radical (unpaired) electrons. The number of benzene rings is 2. The number of phenols is 1. The van der Waals surface area contributed by atoms with Crippen LogP contribution in [0.1, 0.15) is 16.7 Å². The summed E-state index contributed by atoms with van der Waals surface area (Å²) in [6.07, 6.45) is 0. The summed E-state index contributed by atoms with van der Waals surface area (Å²) >= 11 is 0. The molecule has 1 aromatic heterocycles. The Kier molecular flexibility index (Phi) is 4.33. The van der Waals surface area contributed by atoms with Gasteiger partial charge in [-0.3, -0.25) is 0 Å². The van der Waals surface area contributed by atoms with E-state index in [0.717, 1.165) is 16.7 Å². The second kappa shape index (κ2) is 6.59. The second-order valence-corrected chi connectivity index (χ2v) is 5.69. The van der Waals surface area contributed by atoms with Crippen LogP contribution in [0.3, 0.4) is 0 Å². The van der Waals surface area contributed by atoms with E-state index >= 15 is 0 Å². The van der Waals surface area contributed by atoms with Crippen molar-refractivity contribution in [3.05, 3.63) is 59.2 Å². The first-order chi connectivity index (χ1) is 12.0. The van der Waals surface area contributed by atoms with Crippen LogP contribution in [0.2, 0.25) is 0 Å². The molecule has 0 aliphatic carbocycles. The fourth-order valence-electron chi connectivity index (χ4n) is 2.55. The van der Waals surface area contributed by atoms with Crippen molar-refractivity contribution in [2.24, 2.45) is 5.73 Å². The van der Waals surface area contributed by atoms with Crippen LogP contribution in [-0.4, -0.2) is 15.1 Å². The minimum absolute atomic E-state index is 0.0548. The summed E-state index contributed by atoms with van der Waals surface area (Å²) in [7, 11) is 0. The van der Waals surface area contributed by atoms with Crippen LogP contribution < -0.4 is 11.5 Å². The Labute approximate surface area is 145 Å². The smallest absolute Gasteiger partial charge is 0.165 e. The highest BCUT2D eigenvalue weighted by atomic mass is 16.3. The monoisotopic (exact) mass is 331 g/mol. The molecule has 0 amide bonds. The molecule has 3 rings (SSSR count). The molecule has 1 heterocycles. The first-order valence-corrected chi connectivity index (χ1v) is 7.70. The van der Waals surface area contributed by atoms with Crippen molar-refractivity contribution in [3.63, 3.8) is 0 Å². The van der Waals surface area contributed by atoms with Gasteiger partial charge in [-0.25, -0.2) is 9.97 Å². The Morgan fingerprint density at radius 3 is 2.48 bits per heavy atom. The highest BCUT2D eigenvalue weighted by Gasteiger charge is 2.17. The molecule has 0 aliphatic rings. The van der Waals surface area contributed by atoms with Crippen molar-refractivity contribution < 1.29 is 5.11 Å². The molecule has 3 aromatic rings. The van der Waals surface area contributed by atoms with Crippen LogP contribution in [0, 0.1) is 18.3 Å². The molecule has 6 heteroatoms. The van der Waals surface area contributed by atoms with Gasteiger partial charge in [-0.15, -0.1) is 0 Å². The quantitative estimate of drug-likeness (QED) is 0.678. The first-order valence-electron chi connectivity index (χ1n) is 7.70. The third kappa shape index (κ3) is 3.13. The van der Waals surface area contributed by atoms with Crippen molar-refractivity contribution in [3.8, 4) is 34.5 Å². The molecule has 0 aliphatic heterocycles. The van der Waals surface area contributed by atoms with Crippen LogP contribution in [0.5, 0.6) is 5.75 Å². The Morgan fingerprint density at radius 2 is 1.84 bits per heavy atom. The van der Waals surface area contributed by atoms with Gasteiger partial charge in [-0.05, 0) is 24.6 Å². The molecule has 0 bridgehead atoms. The minimum Gasteiger partial charge on any atom is -0.507 e. The summed E-state index contributed by atoms with van der Waals surface area (Å²) in [6, 6.07) is 14.6. The molecular weight excluding hydrogens is 314 g/mol. The lowest BCUT2D eigenvalue weighted by Gasteiger charge is -2.11. The summed E-state index contributed by atoms with van der Waals surface area (Å²) < 4.78 is 0. The molecule has 25 heavy (non-hydrogen) atoms.